The fourth-order valence-corrected chi connectivity index (χ4v) is 4.69. The third-order valence-corrected chi connectivity index (χ3v) is 7.34. The molecule has 1 N–H and O–H groups in total. The zero-order valence-corrected chi connectivity index (χ0v) is 23.6. The number of nitrogens with zero attached hydrogens (tertiary/aromatic N) is 2. The first-order chi connectivity index (χ1) is 17.4. The largest absolute Gasteiger partial charge is 0.493 e. The molecule has 0 aliphatic rings. The highest BCUT2D eigenvalue weighted by molar-refractivity contribution is 7.92. The Morgan fingerprint density at radius 3 is 2.11 bits per heavy atom. The van der Waals surface area contributed by atoms with Crippen molar-refractivity contribution >= 4 is 27.5 Å². The van der Waals surface area contributed by atoms with Gasteiger partial charge in [-0.05, 0) is 44.4 Å². The van der Waals surface area contributed by atoms with E-state index in [9.17, 15) is 18.0 Å². The molecular formula is C27H39N3O6S. The number of carbonyl (C=O) groups excluding carboxylic acids is 2. The van der Waals surface area contributed by atoms with E-state index in [0.717, 1.165) is 28.1 Å². The quantitative estimate of drug-likeness (QED) is 0.423. The van der Waals surface area contributed by atoms with E-state index < -0.39 is 28.5 Å². The van der Waals surface area contributed by atoms with E-state index in [1.165, 1.54) is 25.2 Å². The Morgan fingerprint density at radius 2 is 1.59 bits per heavy atom. The molecule has 0 fully saturated rings. The third-order valence-electron chi connectivity index (χ3n) is 6.19. The van der Waals surface area contributed by atoms with Crippen molar-refractivity contribution in [1.29, 1.82) is 0 Å². The number of hydrogen-bond acceptors (Lipinski definition) is 6. The Morgan fingerprint density at radius 1 is 0.973 bits per heavy atom. The van der Waals surface area contributed by atoms with Crippen LogP contribution in [0.3, 0.4) is 0 Å². The molecule has 0 aliphatic carbocycles. The molecule has 2 aromatic rings. The average molecular weight is 534 g/mol. The molecule has 0 saturated heterocycles. The second kappa shape index (κ2) is 13.3. The number of sulfonamides is 1. The van der Waals surface area contributed by atoms with Gasteiger partial charge in [-0.3, -0.25) is 13.9 Å². The summed E-state index contributed by atoms with van der Waals surface area (Å²) in [5, 5.41) is 2.96. The lowest BCUT2D eigenvalue weighted by molar-refractivity contribution is -0.140. The van der Waals surface area contributed by atoms with E-state index in [2.05, 4.69) is 5.32 Å². The first-order valence-corrected chi connectivity index (χ1v) is 14.1. The Balaban J connectivity index is 2.48. The fraction of sp³-hybridized carbons (Fsp3) is 0.481. The van der Waals surface area contributed by atoms with Gasteiger partial charge in [0.15, 0.2) is 11.5 Å². The number of ether oxygens (including phenoxy) is 2. The Labute approximate surface area is 220 Å². The normalized spacial score (nSPS) is 12.8. The molecule has 0 bridgehead atoms. The molecule has 204 valence electrons. The van der Waals surface area contributed by atoms with Gasteiger partial charge in [0.1, 0.15) is 12.6 Å². The molecule has 2 unspecified atom stereocenters. The molecule has 2 atom stereocenters. The highest BCUT2D eigenvalue weighted by atomic mass is 32.2. The van der Waals surface area contributed by atoms with E-state index in [0.29, 0.717) is 17.9 Å². The van der Waals surface area contributed by atoms with Crippen LogP contribution in [0.25, 0.3) is 0 Å². The number of rotatable bonds is 13. The van der Waals surface area contributed by atoms with Gasteiger partial charge in [0.2, 0.25) is 21.8 Å². The van der Waals surface area contributed by atoms with Crippen molar-refractivity contribution < 1.29 is 27.5 Å². The zero-order chi connectivity index (χ0) is 27.8. The van der Waals surface area contributed by atoms with Gasteiger partial charge in [0.05, 0.1) is 26.2 Å². The summed E-state index contributed by atoms with van der Waals surface area (Å²) in [4.78, 5) is 28.4. The van der Waals surface area contributed by atoms with Crippen molar-refractivity contribution in [3.63, 3.8) is 0 Å². The topological polar surface area (TPSA) is 105 Å². The summed E-state index contributed by atoms with van der Waals surface area (Å²) in [5.74, 6) is -0.00182. The molecule has 0 radical (unpaired) electrons. The van der Waals surface area contributed by atoms with Crippen molar-refractivity contribution in [1.82, 2.24) is 10.2 Å². The highest BCUT2D eigenvalue weighted by Crippen LogP contribution is 2.32. The Bertz CT molecular complexity index is 1170. The predicted molar refractivity (Wildman–Crippen MR) is 145 cm³/mol. The van der Waals surface area contributed by atoms with E-state index in [-0.39, 0.29) is 24.2 Å². The monoisotopic (exact) mass is 533 g/mol. The molecule has 0 aromatic heterocycles. The van der Waals surface area contributed by atoms with Gasteiger partial charge in [0.25, 0.3) is 0 Å². The van der Waals surface area contributed by atoms with Gasteiger partial charge < -0.3 is 19.7 Å². The molecule has 0 spiro atoms. The van der Waals surface area contributed by atoms with Gasteiger partial charge in [-0.25, -0.2) is 8.42 Å². The summed E-state index contributed by atoms with van der Waals surface area (Å²) < 4.78 is 37.2. The van der Waals surface area contributed by atoms with Gasteiger partial charge in [0, 0.05) is 18.7 Å². The smallest absolute Gasteiger partial charge is 0.244 e. The molecular weight excluding hydrogens is 494 g/mol. The van der Waals surface area contributed by atoms with Gasteiger partial charge >= 0.3 is 0 Å². The number of anilines is 1. The molecule has 2 rings (SSSR count). The molecule has 0 aliphatic heterocycles. The van der Waals surface area contributed by atoms with Crippen LogP contribution in [0.4, 0.5) is 5.69 Å². The predicted octanol–water partition coefficient (Wildman–Crippen LogP) is 3.50. The minimum absolute atomic E-state index is 0.0582. The van der Waals surface area contributed by atoms with E-state index in [1.807, 2.05) is 52.0 Å². The first kappa shape index (κ1) is 30.0. The lowest BCUT2D eigenvalue weighted by Gasteiger charge is -2.33. The van der Waals surface area contributed by atoms with Crippen molar-refractivity contribution in [3.05, 3.63) is 53.6 Å². The lowest BCUT2D eigenvalue weighted by atomic mass is 10.1. The highest BCUT2D eigenvalue weighted by Gasteiger charge is 2.32. The van der Waals surface area contributed by atoms with Crippen molar-refractivity contribution in [2.75, 3.05) is 31.3 Å². The molecule has 2 aromatic carbocycles. The minimum atomic E-state index is -3.86. The number of methoxy groups -OCH3 is 2. The second-order valence-electron chi connectivity index (χ2n) is 9.06. The number of carbonyl (C=O) groups is 2. The SMILES string of the molecule is CCC(C)NC(=O)C(CC)N(Cc1ccc(C)cc1)C(=O)CN(c1ccc(OC)c(OC)c1)S(C)(=O)=O. The van der Waals surface area contributed by atoms with Crippen LogP contribution in [0.5, 0.6) is 11.5 Å². The van der Waals surface area contributed by atoms with Crippen LogP contribution in [-0.2, 0) is 26.2 Å². The summed E-state index contributed by atoms with van der Waals surface area (Å²) in [5.41, 5.74) is 2.16. The summed E-state index contributed by atoms with van der Waals surface area (Å²) in [6.45, 7) is 7.35. The second-order valence-corrected chi connectivity index (χ2v) is 11.0. The third kappa shape index (κ3) is 8.11. The number of benzene rings is 2. The van der Waals surface area contributed by atoms with Crippen LogP contribution in [0.2, 0.25) is 0 Å². The van der Waals surface area contributed by atoms with Crippen molar-refractivity contribution in [3.8, 4) is 11.5 Å². The molecule has 0 heterocycles. The van der Waals surface area contributed by atoms with Crippen LogP contribution in [-0.4, -0.2) is 64.2 Å². The Hall–Kier alpha value is -3.27. The van der Waals surface area contributed by atoms with Crippen molar-refractivity contribution in [2.24, 2.45) is 0 Å². The molecule has 10 heteroatoms. The van der Waals surface area contributed by atoms with E-state index in [1.54, 1.807) is 12.1 Å². The van der Waals surface area contributed by atoms with E-state index >= 15 is 0 Å². The first-order valence-electron chi connectivity index (χ1n) is 12.3. The fourth-order valence-electron chi connectivity index (χ4n) is 3.84. The average Bonchev–Trinajstić information content (AvgIpc) is 2.86. The number of hydrogen-bond donors (Lipinski definition) is 1. The summed E-state index contributed by atoms with van der Waals surface area (Å²) in [7, 11) is -0.929. The van der Waals surface area contributed by atoms with Crippen LogP contribution < -0.4 is 19.1 Å². The van der Waals surface area contributed by atoms with Crippen LogP contribution in [0, 0.1) is 6.92 Å². The molecule has 2 amide bonds. The maximum atomic E-state index is 13.8. The van der Waals surface area contributed by atoms with Gasteiger partial charge in [-0.1, -0.05) is 43.7 Å². The van der Waals surface area contributed by atoms with Gasteiger partial charge in [-0.2, -0.15) is 0 Å². The number of nitrogens with one attached hydrogen (secondary N) is 1. The maximum Gasteiger partial charge on any atom is 0.244 e. The number of amides is 2. The van der Waals surface area contributed by atoms with Crippen LogP contribution in [0.1, 0.15) is 44.7 Å². The maximum absolute atomic E-state index is 13.8. The summed E-state index contributed by atoms with van der Waals surface area (Å²) in [6.07, 6.45) is 2.15. The lowest BCUT2D eigenvalue weighted by Crippen LogP contribution is -2.53. The van der Waals surface area contributed by atoms with Crippen molar-refractivity contribution in [2.45, 2.75) is 59.2 Å². The van der Waals surface area contributed by atoms with Crippen LogP contribution >= 0.6 is 0 Å². The molecule has 0 saturated carbocycles. The minimum Gasteiger partial charge on any atom is -0.493 e. The molecule has 37 heavy (non-hydrogen) atoms. The Kier molecular flexibility index (Phi) is 10.8. The standard InChI is InChI=1S/C27H39N3O6S/c1-8-20(4)28-27(32)23(9-2)29(17-21-12-10-19(3)11-13-21)26(31)18-30(37(7,33)34)22-14-15-24(35-5)25(16-22)36-6/h10-16,20,23H,8-9,17-18H2,1-7H3,(H,28,32). The number of aryl methyl sites for hydroxylation is 1. The van der Waals surface area contributed by atoms with E-state index in [4.69, 9.17) is 9.47 Å². The van der Waals surface area contributed by atoms with Gasteiger partial charge in [-0.15, -0.1) is 0 Å². The summed E-state index contributed by atoms with van der Waals surface area (Å²) in [6, 6.07) is 11.5. The zero-order valence-electron chi connectivity index (χ0n) is 22.8. The van der Waals surface area contributed by atoms with Crippen LogP contribution in [0.15, 0.2) is 42.5 Å². The molecule has 9 nitrogen and oxygen atoms in total. The summed E-state index contributed by atoms with van der Waals surface area (Å²) >= 11 is 0.